The second kappa shape index (κ2) is 3.82. The molecule has 0 amide bonds. The Morgan fingerprint density at radius 3 is 2.65 bits per heavy atom. The number of nitrogens with two attached hydrogens (primary N) is 1. The van der Waals surface area contributed by atoms with Crippen LogP contribution >= 0.6 is 0 Å². The highest BCUT2D eigenvalue weighted by Crippen LogP contribution is 2.27. The number of aromatic hydroxyl groups is 1. The van der Waals surface area contributed by atoms with Gasteiger partial charge in [0.2, 0.25) is 0 Å². The van der Waals surface area contributed by atoms with Crippen molar-refractivity contribution in [3.05, 3.63) is 30.0 Å². The molecule has 0 atom stereocenters. The monoisotopic (exact) mass is 233 g/mol. The quantitative estimate of drug-likeness (QED) is 0.532. The Morgan fingerprint density at radius 2 is 2.12 bits per heavy atom. The molecule has 0 radical (unpaired) electrons. The third kappa shape index (κ3) is 1.92. The number of nitrogen functional groups attached to an aromatic ring is 1. The number of carboxylic acid groups (broad SMARTS) is 1. The van der Waals surface area contributed by atoms with Crippen LogP contribution in [-0.2, 0) is 7.05 Å². The van der Waals surface area contributed by atoms with Crippen molar-refractivity contribution in [3.63, 3.8) is 0 Å². The van der Waals surface area contributed by atoms with Gasteiger partial charge in [-0.25, -0.2) is 4.79 Å². The molecule has 0 saturated carbocycles. The van der Waals surface area contributed by atoms with E-state index in [4.69, 9.17) is 10.8 Å². The summed E-state index contributed by atoms with van der Waals surface area (Å²) in [6.45, 7) is 0. The highest BCUT2D eigenvalue weighted by Gasteiger charge is 2.13. The van der Waals surface area contributed by atoms with Crippen LogP contribution in [-0.4, -0.2) is 26.0 Å². The number of nitrogens with zero attached hydrogens (tertiary/aromatic N) is 2. The summed E-state index contributed by atoms with van der Waals surface area (Å²) in [5, 5.41) is 22.0. The first-order chi connectivity index (χ1) is 7.99. The molecule has 0 spiro atoms. The maximum absolute atomic E-state index is 10.8. The normalized spacial score (nSPS) is 10.4. The van der Waals surface area contributed by atoms with Crippen molar-refractivity contribution < 1.29 is 15.0 Å². The Hall–Kier alpha value is -2.50. The van der Waals surface area contributed by atoms with Crippen LogP contribution < -0.4 is 5.73 Å². The molecule has 6 heteroatoms. The van der Waals surface area contributed by atoms with E-state index in [1.165, 1.54) is 16.8 Å². The number of rotatable bonds is 2. The Bertz CT molecular complexity index is 590. The van der Waals surface area contributed by atoms with Crippen molar-refractivity contribution in [1.82, 2.24) is 9.78 Å². The van der Waals surface area contributed by atoms with Gasteiger partial charge in [0, 0.05) is 12.6 Å². The zero-order valence-corrected chi connectivity index (χ0v) is 9.08. The lowest BCUT2D eigenvalue weighted by atomic mass is 10.1. The molecule has 17 heavy (non-hydrogen) atoms. The average Bonchev–Trinajstić information content (AvgIpc) is 2.65. The van der Waals surface area contributed by atoms with Crippen molar-refractivity contribution >= 4 is 11.7 Å². The van der Waals surface area contributed by atoms with Crippen LogP contribution in [0, 0.1) is 0 Å². The number of hydrogen-bond donors (Lipinski definition) is 3. The summed E-state index contributed by atoms with van der Waals surface area (Å²) in [4.78, 5) is 10.8. The SMILES string of the molecule is Cn1nc(C(=O)O)cc1-c1ccc(O)c(N)c1. The van der Waals surface area contributed by atoms with Crippen LogP contribution in [0.2, 0.25) is 0 Å². The molecule has 0 aliphatic heterocycles. The molecule has 0 aliphatic rings. The van der Waals surface area contributed by atoms with Crippen LogP contribution in [0.4, 0.5) is 5.69 Å². The number of aryl methyl sites for hydroxylation is 1. The number of benzene rings is 1. The predicted octanol–water partition coefficient (Wildman–Crippen LogP) is 1.07. The third-order valence-electron chi connectivity index (χ3n) is 2.42. The highest BCUT2D eigenvalue weighted by molar-refractivity contribution is 5.87. The zero-order valence-electron chi connectivity index (χ0n) is 9.08. The van der Waals surface area contributed by atoms with Gasteiger partial charge in [-0.1, -0.05) is 0 Å². The number of aromatic carboxylic acids is 1. The molecule has 1 heterocycles. The molecule has 2 rings (SSSR count). The Labute approximate surface area is 96.9 Å². The van der Waals surface area contributed by atoms with Gasteiger partial charge < -0.3 is 15.9 Å². The minimum Gasteiger partial charge on any atom is -0.506 e. The number of anilines is 1. The lowest BCUT2D eigenvalue weighted by Crippen LogP contribution is -1.99. The summed E-state index contributed by atoms with van der Waals surface area (Å²) in [7, 11) is 1.64. The molecule has 0 aliphatic carbocycles. The van der Waals surface area contributed by atoms with E-state index in [-0.39, 0.29) is 17.1 Å². The van der Waals surface area contributed by atoms with Gasteiger partial charge in [-0.2, -0.15) is 5.10 Å². The summed E-state index contributed by atoms with van der Waals surface area (Å²) >= 11 is 0. The van der Waals surface area contributed by atoms with Crippen LogP contribution in [0.1, 0.15) is 10.5 Å². The van der Waals surface area contributed by atoms with Gasteiger partial charge in [0.15, 0.2) is 5.69 Å². The van der Waals surface area contributed by atoms with E-state index in [0.717, 1.165) is 0 Å². The molecule has 0 saturated heterocycles. The molecule has 1 aromatic heterocycles. The number of phenols is 1. The second-order valence-electron chi connectivity index (χ2n) is 3.62. The predicted molar refractivity (Wildman–Crippen MR) is 61.7 cm³/mol. The fourth-order valence-electron chi connectivity index (χ4n) is 1.56. The number of phenolic OH excluding ortho intramolecular Hbond substituents is 1. The van der Waals surface area contributed by atoms with Gasteiger partial charge >= 0.3 is 5.97 Å². The standard InChI is InChI=1S/C11H11N3O3/c1-14-9(5-8(13-14)11(16)17)6-2-3-10(15)7(12)4-6/h2-5,15H,12H2,1H3,(H,16,17). The van der Waals surface area contributed by atoms with E-state index in [1.54, 1.807) is 19.2 Å². The minimum atomic E-state index is -1.08. The average molecular weight is 233 g/mol. The van der Waals surface area contributed by atoms with Crippen molar-refractivity contribution in [1.29, 1.82) is 0 Å². The van der Waals surface area contributed by atoms with Crippen LogP contribution in [0.5, 0.6) is 5.75 Å². The topological polar surface area (TPSA) is 101 Å². The first-order valence-electron chi connectivity index (χ1n) is 4.85. The lowest BCUT2D eigenvalue weighted by molar-refractivity contribution is 0.0689. The summed E-state index contributed by atoms with van der Waals surface area (Å²) in [5.74, 6) is -1.09. The molecule has 6 nitrogen and oxygen atoms in total. The Kier molecular flexibility index (Phi) is 2.47. The van der Waals surface area contributed by atoms with E-state index < -0.39 is 5.97 Å². The maximum atomic E-state index is 10.8. The minimum absolute atomic E-state index is 0.00521. The second-order valence-corrected chi connectivity index (χ2v) is 3.62. The third-order valence-corrected chi connectivity index (χ3v) is 2.42. The van der Waals surface area contributed by atoms with Gasteiger partial charge in [-0.05, 0) is 24.3 Å². The molecular weight excluding hydrogens is 222 g/mol. The van der Waals surface area contributed by atoms with Crippen LogP contribution in [0.15, 0.2) is 24.3 Å². The van der Waals surface area contributed by atoms with Gasteiger partial charge in [0.25, 0.3) is 0 Å². The van der Waals surface area contributed by atoms with Gasteiger partial charge in [0.05, 0.1) is 11.4 Å². The number of hydrogen-bond acceptors (Lipinski definition) is 4. The molecule has 0 bridgehead atoms. The fourth-order valence-corrected chi connectivity index (χ4v) is 1.56. The van der Waals surface area contributed by atoms with E-state index >= 15 is 0 Å². The number of aromatic nitrogens is 2. The smallest absolute Gasteiger partial charge is 0.356 e. The van der Waals surface area contributed by atoms with Gasteiger partial charge in [-0.15, -0.1) is 0 Å². The van der Waals surface area contributed by atoms with E-state index in [2.05, 4.69) is 5.10 Å². The summed E-state index contributed by atoms with van der Waals surface area (Å²) in [5.41, 5.74) is 7.10. The largest absolute Gasteiger partial charge is 0.506 e. The molecule has 1 aromatic carbocycles. The highest BCUT2D eigenvalue weighted by atomic mass is 16.4. The first kappa shape index (κ1) is 11.0. The molecule has 2 aromatic rings. The van der Waals surface area contributed by atoms with Crippen molar-refractivity contribution in [2.24, 2.45) is 7.05 Å². The Balaban J connectivity index is 2.52. The summed E-state index contributed by atoms with van der Waals surface area (Å²) in [6, 6.07) is 6.12. The number of carboxylic acids is 1. The lowest BCUT2D eigenvalue weighted by Gasteiger charge is -2.04. The molecular formula is C11H11N3O3. The van der Waals surface area contributed by atoms with Crippen molar-refractivity contribution in [2.75, 3.05) is 5.73 Å². The van der Waals surface area contributed by atoms with E-state index in [0.29, 0.717) is 11.3 Å². The molecule has 0 fully saturated rings. The van der Waals surface area contributed by atoms with E-state index in [1.807, 2.05) is 0 Å². The van der Waals surface area contributed by atoms with Crippen LogP contribution in [0.25, 0.3) is 11.3 Å². The molecule has 88 valence electrons. The number of carbonyl (C=O) groups is 1. The van der Waals surface area contributed by atoms with Gasteiger partial charge in [-0.3, -0.25) is 4.68 Å². The van der Waals surface area contributed by atoms with Gasteiger partial charge in [0.1, 0.15) is 5.75 Å². The Morgan fingerprint density at radius 1 is 1.41 bits per heavy atom. The van der Waals surface area contributed by atoms with Crippen molar-refractivity contribution in [3.8, 4) is 17.0 Å². The zero-order chi connectivity index (χ0) is 12.6. The van der Waals surface area contributed by atoms with Crippen LogP contribution in [0.3, 0.4) is 0 Å². The summed E-state index contributed by atoms with van der Waals surface area (Å²) < 4.78 is 1.45. The maximum Gasteiger partial charge on any atom is 0.356 e. The fraction of sp³-hybridized carbons (Fsp3) is 0.0909. The van der Waals surface area contributed by atoms with E-state index in [9.17, 15) is 9.90 Å². The molecule has 4 N–H and O–H groups in total. The van der Waals surface area contributed by atoms with Crippen molar-refractivity contribution in [2.45, 2.75) is 0 Å². The first-order valence-corrected chi connectivity index (χ1v) is 4.85. The molecule has 0 unspecified atom stereocenters. The summed E-state index contributed by atoms with van der Waals surface area (Å²) in [6.07, 6.45) is 0.